The Balaban J connectivity index is 3.23. The van der Waals surface area contributed by atoms with Gasteiger partial charge in [-0.2, -0.15) is 0 Å². The zero-order chi connectivity index (χ0) is 15.3. The predicted molar refractivity (Wildman–Crippen MR) is 80.4 cm³/mol. The van der Waals surface area contributed by atoms with Crippen molar-refractivity contribution in [3.05, 3.63) is 33.9 Å². The van der Waals surface area contributed by atoms with Gasteiger partial charge in [0.15, 0.2) is 5.75 Å². The van der Waals surface area contributed by atoms with Crippen molar-refractivity contribution >= 4 is 5.69 Å². The maximum atomic E-state index is 11.0. The van der Waals surface area contributed by atoms with Crippen LogP contribution in [0.3, 0.4) is 0 Å². The lowest BCUT2D eigenvalue weighted by Crippen LogP contribution is -2.31. The van der Waals surface area contributed by atoms with Gasteiger partial charge in [-0.1, -0.05) is 19.9 Å². The fourth-order valence-corrected chi connectivity index (χ4v) is 2.59. The van der Waals surface area contributed by atoms with Crippen LogP contribution in [0.2, 0.25) is 0 Å². The van der Waals surface area contributed by atoms with Gasteiger partial charge in [0.25, 0.3) is 0 Å². The molecule has 1 rings (SSSR count). The number of rotatable bonds is 7. The Kier molecular flexibility index (Phi) is 5.95. The van der Waals surface area contributed by atoms with Crippen LogP contribution < -0.4 is 10.1 Å². The molecule has 0 bridgehead atoms. The molecule has 1 N–H and O–H groups in total. The second-order valence-corrected chi connectivity index (χ2v) is 5.26. The largest absolute Gasteiger partial charge is 0.487 e. The monoisotopic (exact) mass is 280 g/mol. The predicted octanol–water partition coefficient (Wildman–Crippen LogP) is 3.34. The summed E-state index contributed by atoms with van der Waals surface area (Å²) in [6, 6.07) is 5.46. The van der Waals surface area contributed by atoms with Crippen molar-refractivity contribution < 1.29 is 9.66 Å². The molecule has 1 aromatic carbocycles. The molecule has 5 heteroatoms. The molecule has 0 saturated heterocycles. The molecule has 2 unspecified atom stereocenters. The van der Waals surface area contributed by atoms with Gasteiger partial charge >= 0.3 is 5.69 Å². The molecule has 5 nitrogen and oxygen atoms in total. The number of nitrogens with one attached hydrogen (secondary N) is 1. The summed E-state index contributed by atoms with van der Waals surface area (Å²) in [7, 11) is 1.93. The van der Waals surface area contributed by atoms with Gasteiger partial charge in [-0.3, -0.25) is 10.1 Å². The molecule has 0 aliphatic carbocycles. The zero-order valence-electron chi connectivity index (χ0n) is 12.8. The third-order valence-corrected chi connectivity index (χ3v) is 3.58. The summed E-state index contributed by atoms with van der Waals surface area (Å²) >= 11 is 0. The second-order valence-electron chi connectivity index (χ2n) is 5.26. The summed E-state index contributed by atoms with van der Waals surface area (Å²) in [5, 5.41) is 14.3. The van der Waals surface area contributed by atoms with Crippen LogP contribution in [0.1, 0.15) is 39.2 Å². The quantitative estimate of drug-likeness (QED) is 0.614. The van der Waals surface area contributed by atoms with Crippen LogP contribution in [0.4, 0.5) is 5.69 Å². The first-order valence-electron chi connectivity index (χ1n) is 7.00. The van der Waals surface area contributed by atoms with E-state index in [1.807, 2.05) is 20.0 Å². The van der Waals surface area contributed by atoms with Crippen LogP contribution in [-0.2, 0) is 0 Å². The molecule has 0 fully saturated rings. The molecule has 0 aromatic heterocycles. The fourth-order valence-electron chi connectivity index (χ4n) is 2.59. The summed E-state index contributed by atoms with van der Waals surface area (Å²) < 4.78 is 5.42. The molecule has 0 amide bonds. The lowest BCUT2D eigenvalue weighted by Gasteiger charge is -2.28. The van der Waals surface area contributed by atoms with Crippen LogP contribution >= 0.6 is 0 Å². The van der Waals surface area contributed by atoms with E-state index in [0.717, 1.165) is 5.56 Å². The van der Waals surface area contributed by atoms with Crippen molar-refractivity contribution in [3.63, 3.8) is 0 Å². The minimum absolute atomic E-state index is 0.0233. The minimum Gasteiger partial charge on any atom is -0.487 e. The van der Waals surface area contributed by atoms with Gasteiger partial charge in [-0.25, -0.2) is 0 Å². The van der Waals surface area contributed by atoms with Crippen molar-refractivity contribution in [2.75, 3.05) is 13.7 Å². The van der Waals surface area contributed by atoms with E-state index in [1.54, 1.807) is 6.07 Å². The van der Waals surface area contributed by atoms with E-state index in [1.165, 1.54) is 6.07 Å². The summed E-state index contributed by atoms with van der Waals surface area (Å²) in [4.78, 5) is 10.6. The van der Waals surface area contributed by atoms with Crippen LogP contribution in [-0.4, -0.2) is 24.6 Å². The van der Waals surface area contributed by atoms with Crippen LogP contribution in [0.25, 0.3) is 0 Å². The molecule has 0 aliphatic rings. The topological polar surface area (TPSA) is 64.4 Å². The average Bonchev–Trinajstić information content (AvgIpc) is 2.38. The third kappa shape index (κ3) is 3.70. The molecule has 20 heavy (non-hydrogen) atoms. The molecule has 112 valence electrons. The van der Waals surface area contributed by atoms with Gasteiger partial charge in [0.2, 0.25) is 0 Å². The number of benzene rings is 1. The normalized spacial score (nSPS) is 14.1. The fraction of sp³-hybridized carbons (Fsp3) is 0.600. The van der Waals surface area contributed by atoms with Crippen LogP contribution in [0.15, 0.2) is 18.2 Å². The van der Waals surface area contributed by atoms with E-state index in [4.69, 9.17) is 4.74 Å². The maximum absolute atomic E-state index is 11.0. The van der Waals surface area contributed by atoms with Gasteiger partial charge in [0, 0.05) is 18.0 Å². The molecule has 0 aliphatic heterocycles. The number of nitro benzene ring substituents is 1. The molecule has 0 saturated carbocycles. The lowest BCUT2D eigenvalue weighted by molar-refractivity contribution is -0.385. The van der Waals surface area contributed by atoms with E-state index in [9.17, 15) is 10.1 Å². The van der Waals surface area contributed by atoms with E-state index in [0.29, 0.717) is 18.3 Å². The highest BCUT2D eigenvalue weighted by Crippen LogP contribution is 2.35. The number of hydrogen-bond donors (Lipinski definition) is 1. The Morgan fingerprint density at radius 1 is 1.35 bits per heavy atom. The Morgan fingerprint density at radius 2 is 2.00 bits per heavy atom. The Bertz CT molecular complexity index is 460. The smallest absolute Gasteiger partial charge is 0.310 e. The highest BCUT2D eigenvalue weighted by molar-refractivity contribution is 5.49. The van der Waals surface area contributed by atoms with E-state index < -0.39 is 4.92 Å². The second kappa shape index (κ2) is 7.24. The Hall–Kier alpha value is -1.62. The average molecular weight is 280 g/mol. The van der Waals surface area contributed by atoms with Crippen molar-refractivity contribution in [2.24, 2.45) is 5.92 Å². The summed E-state index contributed by atoms with van der Waals surface area (Å²) in [6.07, 6.45) is 0. The van der Waals surface area contributed by atoms with Gasteiger partial charge in [0.05, 0.1) is 11.5 Å². The highest BCUT2D eigenvalue weighted by Gasteiger charge is 2.24. The molecule has 2 atom stereocenters. The van der Waals surface area contributed by atoms with E-state index in [-0.39, 0.29) is 17.6 Å². The number of ether oxygens (including phenoxy) is 1. The van der Waals surface area contributed by atoms with E-state index in [2.05, 4.69) is 26.1 Å². The molecule has 1 aromatic rings. The number of nitro groups is 1. The maximum Gasteiger partial charge on any atom is 0.310 e. The first-order chi connectivity index (χ1) is 9.42. The number of nitrogens with zero attached hydrogens (tertiary/aromatic N) is 1. The summed E-state index contributed by atoms with van der Waals surface area (Å²) in [5.74, 6) is 1.05. The number of likely N-dealkylation sites (N-methyl/N-ethyl adjacent to an activating group) is 1. The van der Waals surface area contributed by atoms with Gasteiger partial charge in [-0.15, -0.1) is 0 Å². The molecule has 0 heterocycles. The minimum atomic E-state index is -0.402. The first-order valence-corrected chi connectivity index (χ1v) is 7.00. The standard InChI is InChI=1S/C15H24N2O3/c1-6-20-14-9-12(7-8-13(14)17(18)19)15(10(2)3)11(4)16-5/h7-11,15-16H,6H2,1-5H3. The van der Waals surface area contributed by atoms with Gasteiger partial charge in [0.1, 0.15) is 0 Å². The third-order valence-electron chi connectivity index (χ3n) is 3.58. The number of hydrogen-bond acceptors (Lipinski definition) is 4. The highest BCUT2D eigenvalue weighted by atomic mass is 16.6. The first kappa shape index (κ1) is 16.4. The molecular weight excluding hydrogens is 256 g/mol. The van der Waals surface area contributed by atoms with Crippen LogP contribution in [0, 0.1) is 16.0 Å². The molecule has 0 spiro atoms. The SMILES string of the molecule is CCOc1cc(C(C(C)C)C(C)NC)ccc1[N+](=O)[O-]. The van der Waals surface area contributed by atoms with Crippen molar-refractivity contribution in [2.45, 2.75) is 39.7 Å². The summed E-state index contributed by atoms with van der Waals surface area (Å²) in [5.41, 5.74) is 1.09. The van der Waals surface area contributed by atoms with Crippen molar-refractivity contribution in [3.8, 4) is 5.75 Å². The molecular formula is C15H24N2O3. The zero-order valence-corrected chi connectivity index (χ0v) is 12.8. The summed E-state index contributed by atoms with van der Waals surface area (Å²) in [6.45, 7) is 8.66. The Morgan fingerprint density at radius 3 is 2.45 bits per heavy atom. The van der Waals surface area contributed by atoms with E-state index >= 15 is 0 Å². The van der Waals surface area contributed by atoms with Crippen molar-refractivity contribution in [1.29, 1.82) is 0 Å². The van der Waals surface area contributed by atoms with Crippen LogP contribution in [0.5, 0.6) is 5.75 Å². The van der Waals surface area contributed by atoms with Gasteiger partial charge in [-0.05, 0) is 38.4 Å². The molecule has 0 radical (unpaired) electrons. The van der Waals surface area contributed by atoms with Gasteiger partial charge < -0.3 is 10.1 Å². The lowest BCUT2D eigenvalue weighted by atomic mass is 9.83. The van der Waals surface area contributed by atoms with Crippen molar-refractivity contribution in [1.82, 2.24) is 5.32 Å². The Labute approximate surface area is 120 Å².